The molecule has 4 nitrogen and oxygen atoms in total. The molecule has 0 saturated heterocycles. The van der Waals surface area contributed by atoms with Crippen LogP contribution in [-0.2, 0) is 10.0 Å². The number of nitrogens with two attached hydrogens (primary N) is 1. The van der Waals surface area contributed by atoms with E-state index in [4.69, 9.17) is 17.3 Å². The molecule has 0 unspecified atom stereocenters. The zero-order valence-corrected chi connectivity index (χ0v) is 11.5. The summed E-state index contributed by atoms with van der Waals surface area (Å²) in [4.78, 5) is -0.498. The maximum absolute atomic E-state index is 13.6. The van der Waals surface area contributed by atoms with Crippen molar-refractivity contribution >= 4 is 33.0 Å². The Morgan fingerprint density at radius 2 is 1.85 bits per heavy atom. The molecular weight excluding hydrogens is 310 g/mol. The minimum absolute atomic E-state index is 0.0962. The second-order valence-corrected chi connectivity index (χ2v) is 5.94. The fourth-order valence-electron chi connectivity index (χ4n) is 1.52. The molecule has 0 fully saturated rings. The molecule has 2 aromatic carbocycles. The summed E-state index contributed by atoms with van der Waals surface area (Å²) in [6.45, 7) is 0. The Bertz CT molecular complexity index is 746. The van der Waals surface area contributed by atoms with Gasteiger partial charge in [-0.25, -0.2) is 17.2 Å². The van der Waals surface area contributed by atoms with Crippen LogP contribution in [0.5, 0.6) is 0 Å². The van der Waals surface area contributed by atoms with Crippen molar-refractivity contribution in [1.82, 2.24) is 0 Å². The van der Waals surface area contributed by atoms with Gasteiger partial charge in [-0.1, -0.05) is 17.7 Å². The van der Waals surface area contributed by atoms with E-state index in [-0.39, 0.29) is 10.7 Å². The second kappa shape index (κ2) is 5.26. The molecule has 0 spiro atoms. The molecule has 0 saturated carbocycles. The Morgan fingerprint density at radius 1 is 1.15 bits per heavy atom. The number of hydrogen-bond donors (Lipinski definition) is 2. The first-order valence-electron chi connectivity index (χ1n) is 5.33. The number of anilines is 2. The first kappa shape index (κ1) is 14.5. The Morgan fingerprint density at radius 3 is 2.50 bits per heavy atom. The predicted molar refractivity (Wildman–Crippen MR) is 73.0 cm³/mol. The Balaban J connectivity index is 2.49. The zero-order valence-electron chi connectivity index (χ0n) is 9.90. The average Bonchev–Trinajstić information content (AvgIpc) is 2.37. The fourth-order valence-corrected chi connectivity index (χ4v) is 3.13. The SMILES string of the molecule is Nc1cccc(F)c1NS(=O)(=O)c1cc(F)ccc1Cl. The van der Waals surface area contributed by atoms with Crippen molar-refractivity contribution in [1.29, 1.82) is 0 Å². The van der Waals surface area contributed by atoms with Gasteiger partial charge in [0, 0.05) is 0 Å². The number of para-hydroxylation sites is 1. The molecule has 0 amide bonds. The highest BCUT2D eigenvalue weighted by atomic mass is 35.5. The molecule has 0 bridgehead atoms. The lowest BCUT2D eigenvalue weighted by atomic mass is 10.3. The Hall–Kier alpha value is -1.86. The van der Waals surface area contributed by atoms with E-state index in [2.05, 4.69) is 0 Å². The molecular formula is C12H9ClF2N2O2S. The topological polar surface area (TPSA) is 72.2 Å². The van der Waals surface area contributed by atoms with Gasteiger partial charge < -0.3 is 5.73 Å². The monoisotopic (exact) mass is 318 g/mol. The normalized spacial score (nSPS) is 11.3. The maximum atomic E-state index is 13.6. The Labute approximate surface area is 119 Å². The van der Waals surface area contributed by atoms with E-state index in [0.717, 1.165) is 24.3 Å². The molecule has 0 aromatic heterocycles. The summed E-state index contributed by atoms with van der Waals surface area (Å²) < 4.78 is 52.8. The van der Waals surface area contributed by atoms with Crippen LogP contribution in [0.4, 0.5) is 20.2 Å². The van der Waals surface area contributed by atoms with Crippen molar-refractivity contribution in [3.8, 4) is 0 Å². The van der Waals surface area contributed by atoms with Crippen LogP contribution in [0.15, 0.2) is 41.3 Å². The van der Waals surface area contributed by atoms with E-state index in [0.29, 0.717) is 0 Å². The van der Waals surface area contributed by atoms with Gasteiger partial charge in [-0.05, 0) is 30.3 Å². The number of nitrogens with one attached hydrogen (secondary N) is 1. The standard InChI is InChI=1S/C12H9ClF2N2O2S/c13-8-5-4-7(14)6-11(8)20(18,19)17-12-9(15)2-1-3-10(12)16/h1-6,17H,16H2. The third-order valence-corrected chi connectivity index (χ3v) is 4.30. The summed E-state index contributed by atoms with van der Waals surface area (Å²) in [6.07, 6.45) is 0. The zero-order chi connectivity index (χ0) is 14.9. The quantitative estimate of drug-likeness (QED) is 0.854. The van der Waals surface area contributed by atoms with Crippen LogP contribution in [-0.4, -0.2) is 8.42 Å². The number of halogens is 3. The van der Waals surface area contributed by atoms with Gasteiger partial charge in [-0.15, -0.1) is 0 Å². The van der Waals surface area contributed by atoms with E-state index >= 15 is 0 Å². The van der Waals surface area contributed by atoms with Gasteiger partial charge in [0.1, 0.15) is 22.2 Å². The minimum Gasteiger partial charge on any atom is -0.397 e. The van der Waals surface area contributed by atoms with E-state index in [1.807, 2.05) is 4.72 Å². The lowest BCUT2D eigenvalue weighted by molar-refractivity contribution is 0.593. The van der Waals surface area contributed by atoms with Crippen molar-refractivity contribution in [3.63, 3.8) is 0 Å². The van der Waals surface area contributed by atoms with Gasteiger partial charge in [-0.2, -0.15) is 0 Å². The van der Waals surface area contributed by atoms with Crippen LogP contribution in [0.3, 0.4) is 0 Å². The molecule has 0 aliphatic heterocycles. The molecule has 0 aliphatic carbocycles. The van der Waals surface area contributed by atoms with Crippen LogP contribution in [0.2, 0.25) is 5.02 Å². The van der Waals surface area contributed by atoms with E-state index in [1.165, 1.54) is 12.1 Å². The largest absolute Gasteiger partial charge is 0.397 e. The molecule has 8 heteroatoms. The maximum Gasteiger partial charge on any atom is 0.263 e. The molecule has 20 heavy (non-hydrogen) atoms. The van der Waals surface area contributed by atoms with Crippen LogP contribution in [0.25, 0.3) is 0 Å². The summed E-state index contributed by atoms with van der Waals surface area (Å²) in [6, 6.07) is 6.55. The molecule has 2 rings (SSSR count). The summed E-state index contributed by atoms with van der Waals surface area (Å²) in [5.41, 5.74) is 4.99. The number of nitrogen functional groups attached to an aromatic ring is 1. The van der Waals surface area contributed by atoms with E-state index < -0.39 is 32.2 Å². The van der Waals surface area contributed by atoms with Crippen LogP contribution < -0.4 is 10.5 Å². The molecule has 0 aliphatic rings. The lowest BCUT2D eigenvalue weighted by Gasteiger charge is -2.12. The summed E-state index contributed by atoms with van der Waals surface area (Å²) in [7, 11) is -4.25. The van der Waals surface area contributed by atoms with E-state index in [9.17, 15) is 17.2 Å². The summed E-state index contributed by atoms with van der Waals surface area (Å²) in [5, 5.41) is -0.186. The first-order chi connectivity index (χ1) is 9.31. The number of rotatable bonds is 3. The highest BCUT2D eigenvalue weighted by Gasteiger charge is 2.21. The van der Waals surface area contributed by atoms with Crippen molar-refractivity contribution < 1.29 is 17.2 Å². The smallest absolute Gasteiger partial charge is 0.263 e. The van der Waals surface area contributed by atoms with Crippen molar-refractivity contribution in [2.45, 2.75) is 4.90 Å². The van der Waals surface area contributed by atoms with Gasteiger partial charge in [0.15, 0.2) is 0 Å². The lowest BCUT2D eigenvalue weighted by Crippen LogP contribution is -2.16. The summed E-state index contributed by atoms with van der Waals surface area (Å²) >= 11 is 5.72. The third-order valence-electron chi connectivity index (χ3n) is 2.47. The van der Waals surface area contributed by atoms with Crippen LogP contribution in [0, 0.1) is 11.6 Å². The third kappa shape index (κ3) is 2.83. The highest BCUT2D eigenvalue weighted by molar-refractivity contribution is 7.92. The number of benzene rings is 2. The minimum atomic E-state index is -4.25. The van der Waals surface area contributed by atoms with Crippen molar-refractivity contribution in [3.05, 3.63) is 53.1 Å². The number of sulfonamides is 1. The first-order valence-corrected chi connectivity index (χ1v) is 7.19. The second-order valence-electron chi connectivity index (χ2n) is 3.88. The molecule has 106 valence electrons. The Kier molecular flexibility index (Phi) is 3.82. The average molecular weight is 319 g/mol. The molecule has 0 heterocycles. The highest BCUT2D eigenvalue weighted by Crippen LogP contribution is 2.28. The van der Waals surface area contributed by atoms with Gasteiger partial charge in [0.25, 0.3) is 10.0 Å². The summed E-state index contributed by atoms with van der Waals surface area (Å²) in [5.74, 6) is -1.63. The van der Waals surface area contributed by atoms with Gasteiger partial charge in [-0.3, -0.25) is 4.72 Å². The van der Waals surface area contributed by atoms with Crippen molar-refractivity contribution in [2.24, 2.45) is 0 Å². The molecule has 0 radical (unpaired) electrons. The molecule has 0 atom stereocenters. The van der Waals surface area contributed by atoms with Crippen LogP contribution in [0.1, 0.15) is 0 Å². The van der Waals surface area contributed by atoms with Gasteiger partial charge >= 0.3 is 0 Å². The predicted octanol–water partition coefficient (Wildman–Crippen LogP) is 3.00. The number of hydrogen-bond acceptors (Lipinski definition) is 3. The van der Waals surface area contributed by atoms with Gasteiger partial charge in [0.2, 0.25) is 0 Å². The molecule has 2 aromatic rings. The van der Waals surface area contributed by atoms with Crippen LogP contribution >= 0.6 is 11.6 Å². The van der Waals surface area contributed by atoms with E-state index in [1.54, 1.807) is 0 Å². The fraction of sp³-hybridized carbons (Fsp3) is 0. The van der Waals surface area contributed by atoms with Crippen molar-refractivity contribution in [2.75, 3.05) is 10.5 Å². The van der Waals surface area contributed by atoms with Gasteiger partial charge in [0.05, 0.1) is 10.7 Å². The molecule has 3 N–H and O–H groups in total.